The Morgan fingerprint density at radius 1 is 0.221 bits per heavy atom. The van der Waals surface area contributed by atoms with Gasteiger partial charge in [-0.1, -0.05) is 395 Å². The first-order valence-corrected chi connectivity index (χ1v) is 46.6. The maximum Gasteiger partial charge on any atom is 0.411 e. The van der Waals surface area contributed by atoms with E-state index in [-0.39, 0.29) is 11.2 Å². The summed E-state index contributed by atoms with van der Waals surface area (Å²) < 4.78 is 124. The molecule has 0 aromatic heterocycles. The fraction of sp³-hybridized carbons (Fsp3) is 0.179. The smallest absolute Gasteiger partial charge is 0.411 e. The summed E-state index contributed by atoms with van der Waals surface area (Å²) in [5.41, 5.74) is 19.2. The van der Waals surface area contributed by atoms with E-state index in [2.05, 4.69) is 241 Å². The lowest BCUT2D eigenvalue weighted by atomic mass is 9.72. The molecule has 0 unspecified atom stereocenters. The van der Waals surface area contributed by atoms with E-state index in [9.17, 15) is 39.6 Å². The van der Waals surface area contributed by atoms with Gasteiger partial charge in [0.1, 0.15) is 34.5 Å². The third-order valence-corrected chi connectivity index (χ3v) is 24.9. The molecule has 6 nitrogen and oxygen atoms in total. The molecule has 696 valence electrons. The monoisotopic (exact) mass is 1840 g/mol. The van der Waals surface area contributed by atoms with Crippen LogP contribution < -0.4 is 14.2 Å². The zero-order valence-corrected chi connectivity index (χ0v) is 81.5. The van der Waals surface area contributed by atoms with Gasteiger partial charge in [0.2, 0.25) is 15.3 Å². The van der Waals surface area contributed by atoms with Gasteiger partial charge in [0.25, 0.3) is 0 Å². The first-order chi connectivity index (χ1) is 64.6. The van der Waals surface area contributed by atoms with Crippen molar-refractivity contribution in [2.75, 3.05) is 0 Å². The Bertz CT molecular complexity index is 6320. The topological polar surface area (TPSA) is 78.9 Å². The quantitative estimate of drug-likeness (QED) is 0.0752. The third-order valence-electron chi connectivity index (χ3n) is 23.1. The summed E-state index contributed by atoms with van der Waals surface area (Å²) in [6, 6.07) is 125. The predicted molar refractivity (Wildman–Crippen MR) is 549 cm³/mol. The van der Waals surface area contributed by atoms with Gasteiger partial charge < -0.3 is 14.2 Å². The third kappa shape index (κ3) is 29.8. The number of aryl methyl sites for hydroxylation is 16. The van der Waals surface area contributed by atoms with Crippen molar-refractivity contribution in [3.05, 3.63) is 523 Å². The molecule has 0 amide bonds. The van der Waals surface area contributed by atoms with Crippen LogP contribution in [0.15, 0.2) is 410 Å². The predicted octanol–water partition coefficient (Wildman–Crippen LogP) is 34.4. The highest BCUT2D eigenvalue weighted by Crippen LogP contribution is 2.56. The minimum atomic E-state index is -5.53. The molecule has 17 aromatic carbocycles. The Balaban J connectivity index is 0.000000165. The van der Waals surface area contributed by atoms with Crippen LogP contribution >= 0.6 is 0 Å². The summed E-state index contributed by atoms with van der Waals surface area (Å²) in [7, 11) is -3.37. The van der Waals surface area contributed by atoms with E-state index < -0.39 is 38.7 Å². The number of fused-ring (bicyclic) bond motifs is 1. The number of halogens is 6. The van der Waals surface area contributed by atoms with Crippen LogP contribution in [0.2, 0.25) is 0 Å². The lowest BCUT2D eigenvalue weighted by Crippen LogP contribution is -2.54. The van der Waals surface area contributed by atoms with Crippen LogP contribution in [0.5, 0.6) is 34.5 Å². The van der Waals surface area contributed by atoms with Gasteiger partial charge in [-0.25, -0.2) is 8.42 Å². The summed E-state index contributed by atoms with van der Waals surface area (Å²) in [4.78, 5) is 12.7. The minimum Gasteiger partial charge on any atom is -0.457 e. The summed E-state index contributed by atoms with van der Waals surface area (Å²) in [6.45, 7) is 36.6. The van der Waals surface area contributed by atoms with E-state index in [1.807, 2.05) is 173 Å². The number of sulfone groups is 1. The van der Waals surface area contributed by atoms with Gasteiger partial charge in [-0.2, -0.15) is 26.3 Å². The van der Waals surface area contributed by atoms with Crippen LogP contribution in [-0.4, -0.2) is 26.6 Å². The van der Waals surface area contributed by atoms with Crippen molar-refractivity contribution in [3.63, 3.8) is 0 Å². The average Bonchev–Trinajstić information content (AvgIpc) is 0.715. The van der Waals surface area contributed by atoms with E-state index in [0.29, 0.717) is 20.9 Å². The highest BCUT2D eigenvalue weighted by atomic mass is 32.2. The molecular formula is C123H120F6O6S. The summed E-state index contributed by atoms with van der Waals surface area (Å²) in [5, 5.41) is 2.75. The van der Waals surface area contributed by atoms with E-state index in [4.69, 9.17) is 14.2 Å². The Hall–Kier alpha value is -14.4. The van der Waals surface area contributed by atoms with Crippen LogP contribution in [-0.2, 0) is 20.7 Å². The molecule has 0 saturated carbocycles. The maximum atomic E-state index is 13.7. The Labute approximate surface area is 801 Å². The van der Waals surface area contributed by atoms with Gasteiger partial charge in [0.05, 0.1) is 9.79 Å². The number of ether oxygens (including phenoxy) is 3. The summed E-state index contributed by atoms with van der Waals surface area (Å²) >= 11 is 0. The van der Waals surface area contributed by atoms with Crippen molar-refractivity contribution < 1.29 is 53.8 Å². The minimum absolute atomic E-state index is 0.0833. The molecule has 17 aromatic rings. The molecule has 13 heteroatoms. The molecule has 0 aliphatic carbocycles. The van der Waals surface area contributed by atoms with Crippen molar-refractivity contribution in [2.24, 2.45) is 0 Å². The van der Waals surface area contributed by atoms with Gasteiger partial charge in [-0.3, -0.25) is 4.79 Å². The lowest BCUT2D eigenvalue weighted by molar-refractivity contribution is -0.288. The van der Waals surface area contributed by atoms with Gasteiger partial charge in [0, 0.05) is 16.5 Å². The van der Waals surface area contributed by atoms with Crippen molar-refractivity contribution in [1.29, 1.82) is 0 Å². The molecule has 0 N–H and O–H groups in total. The van der Waals surface area contributed by atoms with Crippen LogP contribution in [0.25, 0.3) is 21.9 Å². The molecule has 0 aliphatic heterocycles. The van der Waals surface area contributed by atoms with Crippen molar-refractivity contribution in [1.82, 2.24) is 0 Å². The lowest BCUT2D eigenvalue weighted by Gasteiger charge is -2.38. The van der Waals surface area contributed by atoms with Gasteiger partial charge in [-0.05, 0) is 263 Å². The van der Waals surface area contributed by atoms with Crippen LogP contribution in [0, 0.1) is 111 Å². The maximum absolute atomic E-state index is 13.7. The number of benzene rings is 17. The fourth-order valence-corrected chi connectivity index (χ4v) is 15.6. The van der Waals surface area contributed by atoms with Crippen LogP contribution in [0.1, 0.15) is 141 Å². The number of hydrogen-bond acceptors (Lipinski definition) is 6. The zero-order chi connectivity index (χ0) is 98.5. The molecule has 0 atom stereocenters. The molecule has 0 aliphatic rings. The number of rotatable bonds is 15. The van der Waals surface area contributed by atoms with Crippen LogP contribution in [0.4, 0.5) is 26.3 Å². The second-order valence-corrected chi connectivity index (χ2v) is 37.0. The van der Waals surface area contributed by atoms with Crippen molar-refractivity contribution in [3.8, 4) is 45.6 Å². The number of hydrogen-bond donors (Lipinski definition) is 0. The molecule has 0 spiro atoms. The molecule has 17 rings (SSSR count). The summed E-state index contributed by atoms with van der Waals surface area (Å²) in [6.07, 6.45) is -11.1. The zero-order valence-electron chi connectivity index (χ0n) is 80.7. The Morgan fingerprint density at radius 2 is 0.397 bits per heavy atom. The number of alkyl halides is 6. The Kier molecular flexibility index (Phi) is 36.6. The molecule has 0 radical (unpaired) electrons. The molecule has 0 fully saturated rings. The molecule has 0 bridgehead atoms. The molecule has 136 heavy (non-hydrogen) atoms. The van der Waals surface area contributed by atoms with Gasteiger partial charge in [0.15, 0.2) is 5.78 Å². The normalized spacial score (nSPS) is 11.0. The van der Waals surface area contributed by atoms with E-state index >= 15 is 0 Å². The molecular weight excluding hydrogens is 1720 g/mol. The number of carbonyl (C=O) groups is 1. The average molecular weight is 1840 g/mol. The van der Waals surface area contributed by atoms with Crippen LogP contribution in [0.3, 0.4) is 0 Å². The Morgan fingerprint density at radius 3 is 0.618 bits per heavy atom. The van der Waals surface area contributed by atoms with Crippen molar-refractivity contribution in [2.45, 2.75) is 158 Å². The molecule has 0 saturated heterocycles. The highest BCUT2D eigenvalue weighted by molar-refractivity contribution is 7.91. The fourth-order valence-electron chi connectivity index (χ4n) is 14.4. The van der Waals surface area contributed by atoms with E-state index in [1.165, 1.54) is 124 Å². The molecule has 0 heterocycles. The number of ketones is 1. The first-order valence-electron chi connectivity index (χ1n) is 45.1. The van der Waals surface area contributed by atoms with Gasteiger partial charge in [-0.15, -0.1) is 0 Å². The number of carbonyl (C=O) groups excluding carboxylic acids is 1. The van der Waals surface area contributed by atoms with Gasteiger partial charge >= 0.3 is 12.4 Å². The summed E-state index contributed by atoms with van der Waals surface area (Å²) in [5.74, 6) is 5.22. The van der Waals surface area contributed by atoms with E-state index in [0.717, 1.165) is 81.0 Å². The largest absolute Gasteiger partial charge is 0.457 e. The standard InChI is InChI=1S/C29H28O2.C17H14F6.C15H14O.C14H14O2S.C14H14O.C14H14.C12H12.C8H10/c1-21-5-13-25(14-6-21)30-27-17-9-23(10-18-27)29(3,4)24-11-19-28(20-12-24)31-26-15-7-22(2)8-16-26;1-11-3-7-13(8-4-11)15(16(18,19)20,17(21,22)23)14-9-5-12(2)6-10-14;1-11-3-7-13(8-4-11)15(16)14-9-5-12(2)6-10-14;1-11-3-7-13(8-4-11)17(15,16)14-9-5-12(2)6-10-14;1-11-3-7-13(8-4-11)15-14-9-5-12(2)6-10-14;1-11-3-7-13(8-4-11)14-9-5-12(2)6-10-14;1-9-5-3-8-12-10(2)6-4-7-11(9)12;1-7-3-5-8(2)6-4-7/h5-20H,1-4H3;3-10H,1-2H3;3-10H,1-2H3;3-10H,1-2H3;3-10H,1-2H3;3-10H,1-2H3;3-8H,1-2H3;3-6H,1-2H3. The highest BCUT2D eigenvalue weighted by Gasteiger charge is 2.72. The SMILES string of the molecule is Cc1ccc(-c2ccc(C)cc2)cc1.Cc1ccc(C(=O)c2ccc(C)cc2)cc1.Cc1ccc(C(c2ccc(C)cc2)(C(F)(F)F)C(F)(F)F)cc1.Cc1ccc(C)cc1.Cc1ccc(Oc2ccc(C(C)(C)c3ccc(Oc4ccc(C)cc4)cc3)cc2)cc1.Cc1ccc(Oc2ccc(C)cc2)cc1.Cc1ccc(S(=O)(=O)c2ccc(C)cc2)cc1.Cc1cccc2c(C)cccc12. The second kappa shape index (κ2) is 48.0. The van der Waals surface area contributed by atoms with Crippen molar-refractivity contribution >= 4 is 26.4 Å². The first kappa shape index (κ1) is 104. The second-order valence-electron chi connectivity index (χ2n) is 35.0. The van der Waals surface area contributed by atoms with E-state index in [1.54, 1.807) is 62.4 Å².